The van der Waals surface area contributed by atoms with Gasteiger partial charge in [-0.15, -0.1) is 0 Å². The van der Waals surface area contributed by atoms with Crippen molar-refractivity contribution in [3.8, 4) is 0 Å². The maximum Gasteiger partial charge on any atom is 3.00 e. The molecule has 0 heterocycles. The van der Waals surface area contributed by atoms with Crippen LogP contribution in [0.2, 0.25) is 0 Å². The Bertz CT molecular complexity index is 513. The van der Waals surface area contributed by atoms with E-state index in [2.05, 4.69) is 0 Å². The first-order chi connectivity index (χ1) is 11.6. The Hall–Kier alpha value is -2.74. The van der Waals surface area contributed by atoms with Crippen LogP contribution < -0.4 is 30.6 Å². The van der Waals surface area contributed by atoms with Gasteiger partial charge in [0.2, 0.25) is 0 Å². The number of carboxylic acids is 6. The van der Waals surface area contributed by atoms with Gasteiger partial charge in [-0.1, -0.05) is 0 Å². The number of aliphatic carboxylic acids is 6. The minimum Gasteiger partial charge on any atom is -0.550 e. The van der Waals surface area contributed by atoms with E-state index in [1.807, 2.05) is 0 Å². The van der Waals surface area contributed by atoms with E-state index in [1.54, 1.807) is 0 Å². The number of rotatable bonds is 10. The molecule has 0 spiro atoms. The van der Waals surface area contributed by atoms with E-state index in [0.717, 1.165) is 0 Å². The van der Waals surface area contributed by atoms with E-state index in [9.17, 15) is 59.4 Å². The predicted molar refractivity (Wildman–Crippen MR) is 58.4 cm³/mol. The first-order valence-corrected chi connectivity index (χ1v) is 6.23. The first kappa shape index (κ1) is 29.0. The molecule has 0 aliphatic rings. The topological polar surface area (TPSA) is 281 Å². The molecule has 0 saturated carbocycles. The van der Waals surface area contributed by atoms with Crippen LogP contribution in [0.3, 0.4) is 0 Å². The summed E-state index contributed by atoms with van der Waals surface area (Å²) in [6, 6.07) is 0. The number of carboxylic acid groups (broad SMARTS) is 6. The Labute approximate surface area is 160 Å². The van der Waals surface area contributed by atoms with Crippen LogP contribution in [0.4, 0.5) is 0 Å². The summed E-state index contributed by atoms with van der Waals surface area (Å²) in [6.07, 6.45) is -5.43. The second-order valence-corrected chi connectivity index (χ2v) is 4.83. The SMILES string of the molecule is O=C([O-])CC(O)(CC(=O)[O-])C(=O)[O-].O=C([O-])CC(O)(CC(=O)[O-])C(=O)[O-].[Fe+3]. The summed E-state index contributed by atoms with van der Waals surface area (Å²) < 4.78 is 0. The molecular weight excluding hydrogens is 424 g/mol. The zero-order valence-corrected chi connectivity index (χ0v) is 14.1. The number of hydrogen-bond donors (Lipinski definition) is 2. The number of hydrogen-bond acceptors (Lipinski definition) is 14. The van der Waals surface area contributed by atoms with Crippen LogP contribution in [0, 0.1) is 0 Å². The molecule has 0 aliphatic heterocycles. The summed E-state index contributed by atoms with van der Waals surface area (Å²) in [5, 5.41) is 77.9. The second-order valence-electron chi connectivity index (χ2n) is 4.83. The Morgan fingerprint density at radius 3 is 0.741 bits per heavy atom. The quantitative estimate of drug-likeness (QED) is 0.302. The van der Waals surface area contributed by atoms with Crippen LogP contribution >= 0.6 is 0 Å². The van der Waals surface area contributed by atoms with E-state index in [-0.39, 0.29) is 17.1 Å². The van der Waals surface area contributed by atoms with Crippen LogP contribution in [0.5, 0.6) is 0 Å². The molecule has 14 nitrogen and oxygen atoms in total. The number of carbonyl (C=O) groups is 6. The van der Waals surface area contributed by atoms with E-state index in [0.29, 0.717) is 0 Å². The normalized spacial score (nSPS) is 10.4. The molecular formula is C12H10FeO14-3. The van der Waals surface area contributed by atoms with Gasteiger partial charge < -0.3 is 69.6 Å². The van der Waals surface area contributed by atoms with Crippen LogP contribution in [0.1, 0.15) is 25.7 Å². The Morgan fingerprint density at radius 2 is 0.667 bits per heavy atom. The van der Waals surface area contributed by atoms with Crippen LogP contribution in [-0.2, 0) is 45.8 Å². The molecule has 2 N–H and O–H groups in total. The summed E-state index contributed by atoms with van der Waals surface area (Å²) >= 11 is 0. The standard InChI is InChI=1S/2C6H8O7.Fe/c2*7-3(8)1-6(13,5(11)12)2-4(9)10;/h2*13H,1-2H2,(H,7,8)(H,9,10)(H,11,12);/q;;+3/p-6. The summed E-state index contributed by atoms with van der Waals surface area (Å²) in [5.41, 5.74) is -5.95. The number of aliphatic hydroxyl groups is 2. The van der Waals surface area contributed by atoms with Gasteiger partial charge in [-0.25, -0.2) is 0 Å². The van der Waals surface area contributed by atoms with Crippen molar-refractivity contribution in [2.24, 2.45) is 0 Å². The largest absolute Gasteiger partial charge is 3.00 e. The van der Waals surface area contributed by atoms with Crippen molar-refractivity contribution in [2.75, 3.05) is 0 Å². The third-order valence-electron chi connectivity index (χ3n) is 2.51. The molecule has 15 heteroatoms. The molecule has 153 valence electrons. The van der Waals surface area contributed by atoms with Gasteiger partial charge in [0.25, 0.3) is 0 Å². The van der Waals surface area contributed by atoms with Gasteiger partial charge in [0, 0.05) is 49.6 Å². The van der Waals surface area contributed by atoms with Gasteiger partial charge in [0.15, 0.2) is 0 Å². The van der Waals surface area contributed by atoms with Gasteiger partial charge in [-0.05, 0) is 0 Å². The van der Waals surface area contributed by atoms with Crippen LogP contribution in [-0.4, -0.2) is 57.2 Å². The Balaban J connectivity index is -0.000000411. The fourth-order valence-electron chi connectivity index (χ4n) is 1.37. The molecule has 1 radical (unpaired) electrons. The van der Waals surface area contributed by atoms with Gasteiger partial charge >= 0.3 is 17.1 Å². The summed E-state index contributed by atoms with van der Waals surface area (Å²) in [5.74, 6) is -12.0. The molecule has 0 aromatic carbocycles. The second kappa shape index (κ2) is 11.8. The summed E-state index contributed by atoms with van der Waals surface area (Å²) in [6.45, 7) is 0. The predicted octanol–water partition coefficient (Wildman–Crippen LogP) is -10.5. The van der Waals surface area contributed by atoms with Crippen molar-refractivity contribution in [2.45, 2.75) is 36.9 Å². The van der Waals surface area contributed by atoms with Gasteiger partial charge in [-0.2, -0.15) is 0 Å². The van der Waals surface area contributed by atoms with Gasteiger partial charge in [-0.3, -0.25) is 0 Å². The molecule has 0 amide bonds. The van der Waals surface area contributed by atoms with Crippen molar-refractivity contribution >= 4 is 35.8 Å². The number of carbonyl (C=O) groups excluding carboxylic acids is 6. The summed E-state index contributed by atoms with van der Waals surface area (Å²) in [7, 11) is 0. The monoisotopic (exact) mass is 434 g/mol. The molecule has 0 aromatic rings. The Morgan fingerprint density at radius 1 is 0.519 bits per heavy atom. The molecule has 0 saturated heterocycles. The summed E-state index contributed by atoms with van der Waals surface area (Å²) in [4.78, 5) is 60.0. The third-order valence-corrected chi connectivity index (χ3v) is 2.51. The molecule has 0 rings (SSSR count). The minimum atomic E-state index is -2.97. The van der Waals surface area contributed by atoms with E-state index in [1.165, 1.54) is 0 Å². The Kier molecular flexibility index (Phi) is 12.7. The molecule has 0 aromatic heterocycles. The average Bonchev–Trinajstić information content (AvgIpc) is 2.34. The molecule has 0 bridgehead atoms. The molecule has 0 atom stereocenters. The van der Waals surface area contributed by atoms with E-state index < -0.39 is 72.7 Å². The van der Waals surface area contributed by atoms with Crippen molar-refractivity contribution in [1.29, 1.82) is 0 Å². The smallest absolute Gasteiger partial charge is 0.550 e. The maximum absolute atomic E-state index is 10.1. The average molecular weight is 434 g/mol. The van der Waals surface area contributed by atoms with Crippen molar-refractivity contribution in [3.05, 3.63) is 0 Å². The fourth-order valence-corrected chi connectivity index (χ4v) is 1.37. The molecule has 0 unspecified atom stereocenters. The minimum absolute atomic E-state index is 0. The van der Waals surface area contributed by atoms with E-state index in [4.69, 9.17) is 10.2 Å². The van der Waals surface area contributed by atoms with Crippen LogP contribution in [0.25, 0.3) is 0 Å². The van der Waals surface area contributed by atoms with Gasteiger partial charge in [0.1, 0.15) is 11.2 Å². The van der Waals surface area contributed by atoms with E-state index >= 15 is 0 Å². The van der Waals surface area contributed by atoms with Crippen LogP contribution in [0.15, 0.2) is 0 Å². The third kappa shape index (κ3) is 12.3. The fraction of sp³-hybridized carbons (Fsp3) is 0.500. The molecule has 0 aliphatic carbocycles. The van der Waals surface area contributed by atoms with Crippen molar-refractivity contribution in [3.63, 3.8) is 0 Å². The zero-order chi connectivity index (χ0) is 21.3. The zero-order valence-electron chi connectivity index (χ0n) is 13.0. The first-order valence-electron chi connectivity index (χ1n) is 6.23. The van der Waals surface area contributed by atoms with Crippen molar-refractivity contribution in [1.82, 2.24) is 0 Å². The van der Waals surface area contributed by atoms with Crippen molar-refractivity contribution < 1.29 is 86.7 Å². The molecule has 27 heavy (non-hydrogen) atoms. The maximum atomic E-state index is 10.1. The van der Waals surface area contributed by atoms with Gasteiger partial charge in [0.05, 0.1) is 11.9 Å². The molecule has 0 fully saturated rings.